The summed E-state index contributed by atoms with van der Waals surface area (Å²) in [5.74, 6) is 1.31. The standard InChI is InChI=1S/C7H14BrNS/c1-7-6-9(3-2-8)4-5-10-7/h7H,2-6H2,1H3. The summed E-state index contributed by atoms with van der Waals surface area (Å²) < 4.78 is 0. The van der Waals surface area contributed by atoms with Crippen LogP contribution in [-0.2, 0) is 0 Å². The summed E-state index contributed by atoms with van der Waals surface area (Å²) in [6, 6.07) is 0. The van der Waals surface area contributed by atoms with E-state index in [0.29, 0.717) is 0 Å². The van der Waals surface area contributed by atoms with Crippen LogP contribution < -0.4 is 0 Å². The SMILES string of the molecule is CC1CN(CCBr)CCS1. The molecule has 1 unspecified atom stereocenters. The van der Waals surface area contributed by atoms with Crippen LogP contribution in [0.5, 0.6) is 0 Å². The number of hydrogen-bond acceptors (Lipinski definition) is 2. The topological polar surface area (TPSA) is 3.24 Å². The van der Waals surface area contributed by atoms with Crippen molar-refractivity contribution in [2.75, 3.05) is 30.7 Å². The molecule has 1 aliphatic heterocycles. The third kappa shape index (κ3) is 2.81. The Morgan fingerprint density at radius 3 is 3.10 bits per heavy atom. The number of thioether (sulfide) groups is 1. The summed E-state index contributed by atoms with van der Waals surface area (Å²) in [6.07, 6.45) is 0. The van der Waals surface area contributed by atoms with Gasteiger partial charge in [-0.05, 0) is 0 Å². The van der Waals surface area contributed by atoms with Gasteiger partial charge in [0, 0.05) is 36.0 Å². The van der Waals surface area contributed by atoms with E-state index in [1.165, 1.54) is 25.4 Å². The summed E-state index contributed by atoms with van der Waals surface area (Å²) in [5.41, 5.74) is 0. The van der Waals surface area contributed by atoms with Gasteiger partial charge >= 0.3 is 0 Å². The Labute approximate surface area is 75.7 Å². The molecule has 1 saturated heterocycles. The Morgan fingerprint density at radius 2 is 2.50 bits per heavy atom. The first-order valence-corrected chi connectivity index (χ1v) is 5.90. The quantitative estimate of drug-likeness (QED) is 0.658. The summed E-state index contributed by atoms with van der Waals surface area (Å²) >= 11 is 5.55. The van der Waals surface area contributed by atoms with Crippen LogP contribution in [0.4, 0.5) is 0 Å². The lowest BCUT2D eigenvalue weighted by Gasteiger charge is -2.29. The summed E-state index contributed by atoms with van der Waals surface area (Å²) in [4.78, 5) is 2.52. The summed E-state index contributed by atoms with van der Waals surface area (Å²) in [6.45, 7) is 6.08. The fourth-order valence-electron chi connectivity index (χ4n) is 1.21. The molecule has 0 bridgehead atoms. The highest BCUT2D eigenvalue weighted by Crippen LogP contribution is 2.17. The van der Waals surface area contributed by atoms with Crippen molar-refractivity contribution in [1.29, 1.82) is 0 Å². The molecule has 1 aliphatic rings. The smallest absolute Gasteiger partial charge is 0.0159 e. The van der Waals surface area contributed by atoms with Gasteiger partial charge in [-0.3, -0.25) is 0 Å². The summed E-state index contributed by atoms with van der Waals surface area (Å²) in [7, 11) is 0. The van der Waals surface area contributed by atoms with Gasteiger partial charge in [0.1, 0.15) is 0 Å². The van der Waals surface area contributed by atoms with Crippen molar-refractivity contribution < 1.29 is 0 Å². The minimum Gasteiger partial charge on any atom is -0.301 e. The maximum absolute atomic E-state index is 3.46. The van der Waals surface area contributed by atoms with E-state index in [1.54, 1.807) is 0 Å². The van der Waals surface area contributed by atoms with Crippen molar-refractivity contribution in [3.63, 3.8) is 0 Å². The van der Waals surface area contributed by atoms with E-state index in [1.807, 2.05) is 0 Å². The second-order valence-corrected chi connectivity index (χ2v) is 5.01. The van der Waals surface area contributed by atoms with E-state index in [4.69, 9.17) is 0 Å². The first-order chi connectivity index (χ1) is 4.83. The largest absolute Gasteiger partial charge is 0.301 e. The normalized spacial score (nSPS) is 28.8. The monoisotopic (exact) mass is 223 g/mol. The number of nitrogens with zero attached hydrogens (tertiary/aromatic N) is 1. The lowest BCUT2D eigenvalue weighted by Crippen LogP contribution is -2.37. The zero-order valence-corrected chi connectivity index (χ0v) is 8.75. The molecule has 0 aromatic rings. The predicted octanol–water partition coefficient (Wildman–Crippen LogP) is 1.82. The third-order valence-electron chi connectivity index (χ3n) is 1.73. The van der Waals surface area contributed by atoms with Gasteiger partial charge in [-0.1, -0.05) is 22.9 Å². The Morgan fingerprint density at radius 1 is 1.70 bits per heavy atom. The number of rotatable bonds is 2. The molecule has 1 fully saturated rings. The van der Waals surface area contributed by atoms with Gasteiger partial charge in [-0.15, -0.1) is 0 Å². The average Bonchev–Trinajstić information content (AvgIpc) is 1.88. The van der Waals surface area contributed by atoms with Gasteiger partial charge in [0.05, 0.1) is 0 Å². The molecule has 1 atom stereocenters. The van der Waals surface area contributed by atoms with Crippen LogP contribution in [0, 0.1) is 0 Å². The van der Waals surface area contributed by atoms with E-state index < -0.39 is 0 Å². The van der Waals surface area contributed by atoms with Crippen LogP contribution in [0.15, 0.2) is 0 Å². The summed E-state index contributed by atoms with van der Waals surface area (Å²) in [5, 5.41) is 1.96. The number of hydrogen-bond donors (Lipinski definition) is 0. The highest BCUT2D eigenvalue weighted by atomic mass is 79.9. The first-order valence-electron chi connectivity index (χ1n) is 3.73. The molecule has 3 heteroatoms. The minimum absolute atomic E-state index is 0.841. The zero-order chi connectivity index (χ0) is 7.40. The minimum atomic E-state index is 0.841. The van der Waals surface area contributed by atoms with E-state index >= 15 is 0 Å². The van der Waals surface area contributed by atoms with Gasteiger partial charge < -0.3 is 4.90 Å². The van der Waals surface area contributed by atoms with Crippen molar-refractivity contribution in [3.8, 4) is 0 Å². The molecule has 0 saturated carbocycles. The Hall–Kier alpha value is 0.790. The van der Waals surface area contributed by atoms with Crippen molar-refractivity contribution in [3.05, 3.63) is 0 Å². The molecule has 1 heterocycles. The average molecular weight is 224 g/mol. The highest BCUT2D eigenvalue weighted by molar-refractivity contribution is 9.09. The van der Waals surface area contributed by atoms with Crippen LogP contribution in [0.2, 0.25) is 0 Å². The van der Waals surface area contributed by atoms with Crippen molar-refractivity contribution in [2.45, 2.75) is 12.2 Å². The van der Waals surface area contributed by atoms with Crippen LogP contribution in [0.25, 0.3) is 0 Å². The second kappa shape index (κ2) is 4.62. The molecule has 0 N–H and O–H groups in total. The van der Waals surface area contributed by atoms with Gasteiger partial charge in [-0.2, -0.15) is 11.8 Å². The van der Waals surface area contributed by atoms with E-state index in [2.05, 4.69) is 39.5 Å². The third-order valence-corrected chi connectivity index (χ3v) is 3.22. The molecule has 0 aromatic heterocycles. The number of alkyl halides is 1. The van der Waals surface area contributed by atoms with Crippen LogP contribution in [0.3, 0.4) is 0 Å². The first kappa shape index (κ1) is 8.88. The van der Waals surface area contributed by atoms with Crippen LogP contribution in [0.1, 0.15) is 6.92 Å². The zero-order valence-electron chi connectivity index (χ0n) is 6.35. The van der Waals surface area contributed by atoms with Crippen LogP contribution >= 0.6 is 27.7 Å². The molecular weight excluding hydrogens is 210 g/mol. The van der Waals surface area contributed by atoms with Crippen molar-refractivity contribution in [2.24, 2.45) is 0 Å². The predicted molar refractivity (Wildman–Crippen MR) is 52.2 cm³/mol. The second-order valence-electron chi connectivity index (χ2n) is 2.67. The highest BCUT2D eigenvalue weighted by Gasteiger charge is 2.14. The molecule has 0 aromatic carbocycles. The molecular formula is C7H14BrNS. The van der Waals surface area contributed by atoms with Crippen molar-refractivity contribution >= 4 is 27.7 Å². The fourth-order valence-corrected chi connectivity index (χ4v) is 2.80. The lowest BCUT2D eigenvalue weighted by molar-refractivity contribution is 0.305. The van der Waals surface area contributed by atoms with Crippen molar-refractivity contribution in [1.82, 2.24) is 4.90 Å². The maximum Gasteiger partial charge on any atom is 0.0159 e. The molecule has 0 spiro atoms. The van der Waals surface area contributed by atoms with E-state index in [-0.39, 0.29) is 0 Å². The van der Waals surface area contributed by atoms with Gasteiger partial charge in [0.2, 0.25) is 0 Å². The molecule has 1 rings (SSSR count). The molecule has 1 nitrogen and oxygen atoms in total. The fraction of sp³-hybridized carbons (Fsp3) is 1.00. The van der Waals surface area contributed by atoms with E-state index in [9.17, 15) is 0 Å². The Balaban J connectivity index is 2.18. The van der Waals surface area contributed by atoms with Gasteiger partial charge in [-0.25, -0.2) is 0 Å². The molecule has 10 heavy (non-hydrogen) atoms. The lowest BCUT2D eigenvalue weighted by atomic mass is 10.4. The molecule has 0 radical (unpaired) electrons. The number of halogens is 1. The molecule has 0 amide bonds. The van der Waals surface area contributed by atoms with E-state index in [0.717, 1.165) is 10.6 Å². The Kier molecular flexibility index (Phi) is 4.11. The maximum atomic E-state index is 3.46. The van der Waals surface area contributed by atoms with Gasteiger partial charge in [0.25, 0.3) is 0 Å². The Bertz CT molecular complexity index is 97.6. The molecule has 0 aliphatic carbocycles. The van der Waals surface area contributed by atoms with Crippen LogP contribution in [-0.4, -0.2) is 40.9 Å². The molecule has 60 valence electrons. The van der Waals surface area contributed by atoms with Gasteiger partial charge in [0.15, 0.2) is 0 Å².